The van der Waals surface area contributed by atoms with Gasteiger partial charge in [0.15, 0.2) is 0 Å². The number of nitrogens with two attached hydrogens (primary N) is 2. The molecular weight excluding hydrogens is 235 g/mol. The quantitative estimate of drug-likeness (QED) is 0.843. The van der Waals surface area contributed by atoms with Crippen molar-refractivity contribution in [1.82, 2.24) is 9.97 Å². The highest BCUT2D eigenvalue weighted by atomic mass is 19.4. The van der Waals surface area contributed by atoms with Crippen molar-refractivity contribution in [3.8, 4) is 0 Å². The molecule has 0 fully saturated rings. The van der Waals surface area contributed by atoms with Crippen LogP contribution in [0.5, 0.6) is 0 Å². The summed E-state index contributed by atoms with van der Waals surface area (Å²) in [7, 11) is 0. The van der Waals surface area contributed by atoms with E-state index in [-0.39, 0.29) is 24.1 Å². The molecule has 0 unspecified atom stereocenters. The Balaban J connectivity index is 2.96. The highest BCUT2D eigenvalue weighted by Gasteiger charge is 2.31. The van der Waals surface area contributed by atoms with Crippen molar-refractivity contribution in [1.29, 1.82) is 0 Å². The highest BCUT2D eigenvalue weighted by molar-refractivity contribution is 5.50. The summed E-state index contributed by atoms with van der Waals surface area (Å²) in [4.78, 5) is 8.44. The first-order chi connectivity index (χ1) is 7.81. The van der Waals surface area contributed by atoms with Crippen LogP contribution in [0.2, 0.25) is 0 Å². The molecule has 0 aromatic carbocycles. The molecule has 0 saturated carbocycles. The third kappa shape index (κ3) is 4.33. The molecule has 0 atom stereocenters. The summed E-state index contributed by atoms with van der Waals surface area (Å²) >= 11 is 0. The lowest BCUT2D eigenvalue weighted by Gasteiger charge is -2.24. The summed E-state index contributed by atoms with van der Waals surface area (Å²) in [5.74, 6) is 0.00762. The second-order valence-electron chi connectivity index (χ2n) is 3.55. The summed E-state index contributed by atoms with van der Waals surface area (Å²) in [6.07, 6.45) is -3.75. The van der Waals surface area contributed by atoms with E-state index in [0.717, 1.165) is 4.90 Å². The van der Waals surface area contributed by atoms with Crippen LogP contribution in [0.3, 0.4) is 0 Å². The Bertz CT molecular complexity index is 359. The number of halogens is 3. The van der Waals surface area contributed by atoms with Crippen LogP contribution in [-0.2, 0) is 0 Å². The molecule has 4 N–H and O–H groups in total. The number of nitrogen functional groups attached to an aromatic ring is 2. The van der Waals surface area contributed by atoms with Gasteiger partial charge in [0.25, 0.3) is 0 Å². The van der Waals surface area contributed by atoms with E-state index >= 15 is 0 Å². The van der Waals surface area contributed by atoms with E-state index in [0.29, 0.717) is 6.42 Å². The van der Waals surface area contributed by atoms with E-state index in [9.17, 15) is 13.2 Å². The van der Waals surface area contributed by atoms with Gasteiger partial charge in [-0.3, -0.25) is 0 Å². The Morgan fingerprint density at radius 3 is 2.41 bits per heavy atom. The molecule has 1 aromatic heterocycles. The van der Waals surface area contributed by atoms with Gasteiger partial charge in [-0.15, -0.1) is 0 Å². The van der Waals surface area contributed by atoms with Crippen LogP contribution in [0.15, 0.2) is 6.07 Å². The van der Waals surface area contributed by atoms with E-state index < -0.39 is 12.7 Å². The number of nitrogens with zero attached hydrogens (tertiary/aromatic N) is 3. The summed E-state index contributed by atoms with van der Waals surface area (Å²) in [6, 6.07) is 1.28. The van der Waals surface area contributed by atoms with E-state index in [1.807, 2.05) is 0 Å². The lowest BCUT2D eigenvalue weighted by molar-refractivity contribution is -0.119. The zero-order chi connectivity index (χ0) is 13.1. The molecule has 0 spiro atoms. The average Bonchev–Trinajstić information content (AvgIpc) is 2.13. The van der Waals surface area contributed by atoms with Crippen LogP contribution in [0.1, 0.15) is 13.3 Å². The fourth-order valence-electron chi connectivity index (χ4n) is 1.39. The number of aromatic nitrogens is 2. The monoisotopic (exact) mass is 249 g/mol. The minimum Gasteiger partial charge on any atom is -0.383 e. The lowest BCUT2D eigenvalue weighted by Crippen LogP contribution is -2.35. The Labute approximate surface area is 96.6 Å². The maximum absolute atomic E-state index is 12.4. The van der Waals surface area contributed by atoms with Crippen molar-refractivity contribution in [3.05, 3.63) is 6.07 Å². The first-order valence-electron chi connectivity index (χ1n) is 5.03. The van der Waals surface area contributed by atoms with Crippen LogP contribution in [-0.4, -0.2) is 29.2 Å². The van der Waals surface area contributed by atoms with Gasteiger partial charge < -0.3 is 16.4 Å². The number of alkyl halides is 3. The molecule has 0 bridgehead atoms. The van der Waals surface area contributed by atoms with Gasteiger partial charge in [-0.25, -0.2) is 0 Å². The average molecular weight is 249 g/mol. The number of hydrogen-bond acceptors (Lipinski definition) is 5. The van der Waals surface area contributed by atoms with Crippen molar-refractivity contribution in [2.75, 3.05) is 29.5 Å². The van der Waals surface area contributed by atoms with Crippen LogP contribution in [0, 0.1) is 0 Å². The normalized spacial score (nSPS) is 11.5. The predicted molar refractivity (Wildman–Crippen MR) is 59.4 cm³/mol. The molecule has 0 aliphatic rings. The first kappa shape index (κ1) is 13.3. The molecule has 17 heavy (non-hydrogen) atoms. The Kier molecular flexibility index (Phi) is 3.97. The topological polar surface area (TPSA) is 81.1 Å². The fraction of sp³-hybridized carbons (Fsp3) is 0.556. The minimum atomic E-state index is -4.30. The van der Waals surface area contributed by atoms with Crippen molar-refractivity contribution < 1.29 is 13.2 Å². The van der Waals surface area contributed by atoms with Crippen molar-refractivity contribution in [3.63, 3.8) is 0 Å². The standard InChI is InChI=1S/C9H14F3N5/c1-2-3-17(5-9(10,11)12)7-4-6(13)15-8(14)16-7/h4H,2-3,5H2,1H3,(H4,13,14,15,16). The third-order valence-corrected chi connectivity index (χ3v) is 1.94. The molecule has 0 amide bonds. The van der Waals surface area contributed by atoms with Gasteiger partial charge in [0.1, 0.15) is 18.2 Å². The lowest BCUT2D eigenvalue weighted by atomic mass is 10.3. The molecule has 0 aliphatic carbocycles. The zero-order valence-corrected chi connectivity index (χ0v) is 9.33. The first-order valence-corrected chi connectivity index (χ1v) is 5.03. The van der Waals surface area contributed by atoms with E-state index in [4.69, 9.17) is 11.5 Å². The molecular formula is C9H14F3N5. The second kappa shape index (κ2) is 5.07. The van der Waals surface area contributed by atoms with Crippen molar-refractivity contribution in [2.45, 2.75) is 19.5 Å². The summed E-state index contributed by atoms with van der Waals surface area (Å²) in [5.41, 5.74) is 10.8. The smallest absolute Gasteiger partial charge is 0.383 e. The highest BCUT2D eigenvalue weighted by Crippen LogP contribution is 2.22. The molecule has 8 heteroatoms. The number of anilines is 3. The van der Waals surface area contributed by atoms with Gasteiger partial charge in [0, 0.05) is 12.6 Å². The molecule has 1 rings (SSSR count). The number of rotatable bonds is 4. The van der Waals surface area contributed by atoms with Crippen molar-refractivity contribution >= 4 is 17.6 Å². The van der Waals surface area contributed by atoms with Gasteiger partial charge in [0.2, 0.25) is 5.95 Å². The maximum Gasteiger partial charge on any atom is 0.405 e. The summed E-state index contributed by atoms with van der Waals surface area (Å²) in [5, 5.41) is 0. The van der Waals surface area contributed by atoms with Crippen molar-refractivity contribution in [2.24, 2.45) is 0 Å². The Morgan fingerprint density at radius 1 is 1.29 bits per heavy atom. The Hall–Kier alpha value is -1.73. The van der Waals surface area contributed by atoms with Gasteiger partial charge in [-0.2, -0.15) is 23.1 Å². The molecule has 0 saturated heterocycles. The SMILES string of the molecule is CCCN(CC(F)(F)F)c1cc(N)nc(N)n1. The van der Waals surface area contributed by atoms with Crippen LogP contribution in [0.4, 0.5) is 30.8 Å². The molecule has 5 nitrogen and oxygen atoms in total. The second-order valence-corrected chi connectivity index (χ2v) is 3.55. The molecule has 0 aliphatic heterocycles. The number of hydrogen-bond donors (Lipinski definition) is 2. The van der Waals surface area contributed by atoms with Gasteiger partial charge >= 0.3 is 6.18 Å². The van der Waals surface area contributed by atoms with Gasteiger partial charge in [0.05, 0.1) is 0 Å². The minimum absolute atomic E-state index is 0.0516. The van der Waals surface area contributed by atoms with Gasteiger partial charge in [-0.1, -0.05) is 6.92 Å². The molecule has 1 aromatic rings. The van der Waals surface area contributed by atoms with Crippen LogP contribution >= 0.6 is 0 Å². The van der Waals surface area contributed by atoms with Gasteiger partial charge in [-0.05, 0) is 6.42 Å². The molecule has 96 valence electrons. The van der Waals surface area contributed by atoms with E-state index in [1.165, 1.54) is 6.07 Å². The predicted octanol–water partition coefficient (Wildman–Crippen LogP) is 1.42. The molecule has 1 heterocycles. The summed E-state index contributed by atoms with van der Waals surface area (Å²) < 4.78 is 37.1. The van der Waals surface area contributed by atoms with E-state index in [1.54, 1.807) is 6.92 Å². The largest absolute Gasteiger partial charge is 0.405 e. The Morgan fingerprint density at radius 2 is 1.94 bits per heavy atom. The third-order valence-electron chi connectivity index (χ3n) is 1.94. The van der Waals surface area contributed by atoms with Crippen LogP contribution < -0.4 is 16.4 Å². The summed E-state index contributed by atoms with van der Waals surface area (Å²) in [6.45, 7) is 0.906. The van der Waals surface area contributed by atoms with E-state index in [2.05, 4.69) is 9.97 Å². The fourth-order valence-corrected chi connectivity index (χ4v) is 1.39. The van der Waals surface area contributed by atoms with Crippen LogP contribution in [0.25, 0.3) is 0 Å². The maximum atomic E-state index is 12.4. The molecule has 0 radical (unpaired) electrons. The zero-order valence-electron chi connectivity index (χ0n) is 9.33.